The summed E-state index contributed by atoms with van der Waals surface area (Å²) in [7, 11) is 1.51. The van der Waals surface area contributed by atoms with Gasteiger partial charge in [-0.05, 0) is 36.2 Å². The van der Waals surface area contributed by atoms with Gasteiger partial charge in [-0.25, -0.2) is 0 Å². The molecular weight excluding hydrogens is 540 g/mol. The Balaban J connectivity index is 1.79. The first-order valence-corrected chi connectivity index (χ1v) is 11.6. The summed E-state index contributed by atoms with van der Waals surface area (Å²) in [6.07, 6.45) is -6.08. The molecule has 198 valence electrons. The van der Waals surface area contributed by atoms with Gasteiger partial charge in [-0.15, -0.1) is 13.2 Å². The van der Waals surface area contributed by atoms with Crippen molar-refractivity contribution in [3.8, 4) is 17.5 Å². The lowest BCUT2D eigenvalue weighted by Gasteiger charge is -2.38. The SMILES string of the molecule is CN1c2nc(Oc3cc(Cl)cc(OC(F)(F)F)c3)n(Cc3ccc(Cl)cc3)c2C(=O)N(CCCO)C1O. The summed E-state index contributed by atoms with van der Waals surface area (Å²) in [6.45, 7) is -0.0532. The van der Waals surface area contributed by atoms with Crippen molar-refractivity contribution in [2.24, 2.45) is 0 Å². The number of hydrogen-bond donors (Lipinski definition) is 2. The number of aliphatic hydroxyl groups excluding tert-OH is 2. The fraction of sp³-hybridized carbons (Fsp3) is 0.304. The van der Waals surface area contributed by atoms with E-state index in [0.717, 1.165) is 17.0 Å². The summed E-state index contributed by atoms with van der Waals surface area (Å²) in [5, 5.41) is 20.3. The number of halogens is 5. The van der Waals surface area contributed by atoms with Gasteiger partial charge in [-0.3, -0.25) is 14.3 Å². The second-order valence-electron chi connectivity index (χ2n) is 8.08. The molecule has 1 aliphatic heterocycles. The van der Waals surface area contributed by atoms with Gasteiger partial charge < -0.3 is 24.6 Å². The number of hydrogen-bond acceptors (Lipinski definition) is 7. The van der Waals surface area contributed by atoms with Gasteiger partial charge in [0.25, 0.3) is 5.91 Å². The summed E-state index contributed by atoms with van der Waals surface area (Å²) in [5.41, 5.74) is 0.787. The molecule has 0 fully saturated rings. The van der Waals surface area contributed by atoms with Crippen molar-refractivity contribution < 1.29 is 37.7 Å². The third-order valence-corrected chi connectivity index (χ3v) is 5.91. The van der Waals surface area contributed by atoms with E-state index in [2.05, 4.69) is 9.72 Å². The average molecular weight is 561 g/mol. The van der Waals surface area contributed by atoms with E-state index >= 15 is 0 Å². The lowest BCUT2D eigenvalue weighted by atomic mass is 10.2. The fourth-order valence-corrected chi connectivity index (χ4v) is 4.13. The highest BCUT2D eigenvalue weighted by Crippen LogP contribution is 2.37. The summed E-state index contributed by atoms with van der Waals surface area (Å²) < 4.78 is 49.5. The van der Waals surface area contributed by atoms with Crippen molar-refractivity contribution in [3.63, 3.8) is 0 Å². The molecule has 2 N–H and O–H groups in total. The van der Waals surface area contributed by atoms with Gasteiger partial charge in [-0.2, -0.15) is 4.98 Å². The molecule has 1 unspecified atom stereocenters. The van der Waals surface area contributed by atoms with Crippen LogP contribution < -0.4 is 14.4 Å². The molecule has 9 nitrogen and oxygen atoms in total. The molecule has 0 aliphatic carbocycles. The first-order chi connectivity index (χ1) is 17.5. The monoisotopic (exact) mass is 560 g/mol. The van der Waals surface area contributed by atoms with Gasteiger partial charge in [0, 0.05) is 36.3 Å². The molecule has 14 heteroatoms. The highest BCUT2D eigenvalue weighted by atomic mass is 35.5. The Morgan fingerprint density at radius 2 is 1.76 bits per heavy atom. The predicted octanol–water partition coefficient (Wildman–Crippen LogP) is 4.48. The number of carbonyl (C=O) groups excluding carboxylic acids is 1. The zero-order valence-corrected chi connectivity index (χ0v) is 20.8. The standard InChI is InChI=1S/C23H21Cl2F3N4O5/c1-30-19-18(20(34)31(22(30)35)7-2-8-33)32(12-13-3-5-14(24)6-4-13)21(29-19)36-16-9-15(25)10-17(11-16)37-23(26,27)28/h3-6,9-11,22,33,35H,2,7-8,12H2,1H3. The average Bonchev–Trinajstić information content (AvgIpc) is 3.15. The highest BCUT2D eigenvalue weighted by molar-refractivity contribution is 6.31. The molecule has 0 saturated heterocycles. The van der Waals surface area contributed by atoms with Crippen LogP contribution >= 0.6 is 23.2 Å². The molecule has 0 radical (unpaired) electrons. The lowest BCUT2D eigenvalue weighted by Crippen LogP contribution is -2.54. The third-order valence-electron chi connectivity index (χ3n) is 5.44. The van der Waals surface area contributed by atoms with E-state index in [4.69, 9.17) is 27.9 Å². The van der Waals surface area contributed by atoms with E-state index < -0.39 is 24.4 Å². The molecule has 0 bridgehead atoms. The molecule has 1 amide bonds. The molecule has 37 heavy (non-hydrogen) atoms. The number of rotatable bonds is 8. The molecular formula is C23H21Cl2F3N4O5. The van der Waals surface area contributed by atoms with E-state index in [-0.39, 0.29) is 54.4 Å². The normalized spacial score (nSPS) is 15.7. The minimum Gasteiger partial charge on any atom is -0.425 e. The van der Waals surface area contributed by atoms with Crippen LogP contribution in [0.15, 0.2) is 42.5 Å². The topological polar surface area (TPSA) is 100 Å². The van der Waals surface area contributed by atoms with Gasteiger partial charge in [-0.1, -0.05) is 35.3 Å². The van der Waals surface area contributed by atoms with Crippen molar-refractivity contribution in [2.45, 2.75) is 25.7 Å². The van der Waals surface area contributed by atoms with Crippen LogP contribution in [0.3, 0.4) is 0 Å². The van der Waals surface area contributed by atoms with Gasteiger partial charge in [0.2, 0.25) is 6.35 Å². The second-order valence-corrected chi connectivity index (χ2v) is 8.96. The number of aromatic nitrogens is 2. The Hall–Kier alpha value is -3.19. The number of nitrogens with zero attached hydrogens (tertiary/aromatic N) is 4. The molecule has 1 aliphatic rings. The number of alkyl halides is 3. The highest BCUT2D eigenvalue weighted by Gasteiger charge is 2.40. The quantitative estimate of drug-likeness (QED) is 0.419. The van der Waals surface area contributed by atoms with Gasteiger partial charge in [0.1, 0.15) is 11.5 Å². The van der Waals surface area contributed by atoms with Crippen LogP contribution in [-0.2, 0) is 6.54 Å². The Bertz CT molecular complexity index is 1290. The second kappa shape index (κ2) is 10.7. The van der Waals surface area contributed by atoms with E-state index in [1.807, 2.05) is 0 Å². The van der Waals surface area contributed by atoms with E-state index in [0.29, 0.717) is 10.6 Å². The van der Waals surface area contributed by atoms with Gasteiger partial charge >= 0.3 is 12.4 Å². The first kappa shape index (κ1) is 26.9. The van der Waals surface area contributed by atoms with Crippen molar-refractivity contribution in [2.75, 3.05) is 25.1 Å². The lowest BCUT2D eigenvalue weighted by molar-refractivity contribution is -0.274. The number of benzene rings is 2. The molecule has 1 aromatic heterocycles. The summed E-state index contributed by atoms with van der Waals surface area (Å²) in [6, 6.07) is 9.84. The summed E-state index contributed by atoms with van der Waals surface area (Å²) >= 11 is 12.0. The first-order valence-electron chi connectivity index (χ1n) is 10.9. The van der Waals surface area contributed by atoms with Crippen LogP contribution in [0.4, 0.5) is 19.0 Å². The predicted molar refractivity (Wildman–Crippen MR) is 128 cm³/mol. The minimum absolute atomic E-state index is 0.0645. The maximum Gasteiger partial charge on any atom is 0.573 e. The number of imidazole rings is 1. The van der Waals surface area contributed by atoms with E-state index in [9.17, 15) is 28.2 Å². The molecule has 0 spiro atoms. The number of carbonyl (C=O) groups is 1. The largest absolute Gasteiger partial charge is 0.573 e. The van der Waals surface area contributed by atoms with Crippen LogP contribution in [0.25, 0.3) is 0 Å². The number of ether oxygens (including phenoxy) is 2. The maximum absolute atomic E-state index is 13.4. The van der Waals surface area contributed by atoms with Crippen molar-refractivity contribution in [1.82, 2.24) is 14.5 Å². The van der Waals surface area contributed by atoms with Crippen molar-refractivity contribution in [1.29, 1.82) is 0 Å². The number of anilines is 1. The fourth-order valence-electron chi connectivity index (χ4n) is 3.79. The summed E-state index contributed by atoms with van der Waals surface area (Å²) in [5.74, 6) is -1.21. The molecule has 3 aromatic rings. The molecule has 4 rings (SSSR count). The summed E-state index contributed by atoms with van der Waals surface area (Å²) in [4.78, 5) is 20.3. The molecule has 2 heterocycles. The molecule has 2 aromatic carbocycles. The third kappa shape index (κ3) is 6.04. The van der Waals surface area contributed by atoms with Crippen LogP contribution in [0.2, 0.25) is 10.0 Å². The van der Waals surface area contributed by atoms with E-state index in [1.54, 1.807) is 24.3 Å². The minimum atomic E-state index is -4.95. The van der Waals surface area contributed by atoms with E-state index in [1.165, 1.54) is 22.6 Å². The number of fused-ring (bicyclic) bond motifs is 1. The van der Waals surface area contributed by atoms with Crippen LogP contribution in [0.1, 0.15) is 22.5 Å². The van der Waals surface area contributed by atoms with Crippen LogP contribution in [0, 0.1) is 0 Å². The van der Waals surface area contributed by atoms with Crippen LogP contribution in [-0.4, -0.2) is 63.5 Å². The van der Waals surface area contributed by atoms with Crippen LogP contribution in [0.5, 0.6) is 17.5 Å². The molecule has 0 saturated carbocycles. The number of amides is 1. The number of aliphatic hydroxyl groups is 2. The van der Waals surface area contributed by atoms with Gasteiger partial charge in [0.05, 0.1) is 6.54 Å². The van der Waals surface area contributed by atoms with Crippen molar-refractivity contribution in [3.05, 3.63) is 63.8 Å². The molecule has 1 atom stereocenters. The van der Waals surface area contributed by atoms with Gasteiger partial charge in [0.15, 0.2) is 11.5 Å². The van der Waals surface area contributed by atoms with Crippen molar-refractivity contribution >= 4 is 34.9 Å². The Morgan fingerprint density at radius 3 is 2.41 bits per heavy atom. The zero-order valence-electron chi connectivity index (χ0n) is 19.2. The Labute approximate surface area is 219 Å². The smallest absolute Gasteiger partial charge is 0.425 e. The maximum atomic E-state index is 13.4. The Kier molecular flexibility index (Phi) is 7.74. The Morgan fingerprint density at radius 1 is 1.08 bits per heavy atom. The zero-order chi connectivity index (χ0) is 26.9.